The average molecular weight is 247 g/mol. The van der Waals surface area contributed by atoms with Crippen LogP contribution in [-0.4, -0.2) is 30.9 Å². The minimum Gasteiger partial charge on any atom is -0.378 e. The molecule has 1 N–H and O–H groups in total. The maximum atomic E-state index is 11.8. The van der Waals surface area contributed by atoms with Crippen LogP contribution in [0.5, 0.6) is 0 Å². The van der Waals surface area contributed by atoms with Crippen LogP contribution < -0.4 is 5.32 Å². The minimum absolute atomic E-state index is 0.0493. The van der Waals surface area contributed by atoms with E-state index >= 15 is 0 Å². The van der Waals surface area contributed by atoms with Crippen molar-refractivity contribution in [3.8, 4) is 0 Å². The summed E-state index contributed by atoms with van der Waals surface area (Å²) in [5.74, 6) is -0.289. The SMILES string of the molecule is CC1CC(C(=O)NCC(=O)c2ccccc2)CO1. The van der Waals surface area contributed by atoms with Crippen molar-refractivity contribution in [3.63, 3.8) is 0 Å². The van der Waals surface area contributed by atoms with Crippen molar-refractivity contribution in [2.24, 2.45) is 5.92 Å². The van der Waals surface area contributed by atoms with Crippen molar-refractivity contribution in [1.82, 2.24) is 5.32 Å². The molecule has 2 atom stereocenters. The zero-order chi connectivity index (χ0) is 13.0. The predicted molar refractivity (Wildman–Crippen MR) is 67.3 cm³/mol. The largest absolute Gasteiger partial charge is 0.378 e. The second-order valence-electron chi connectivity index (χ2n) is 4.58. The lowest BCUT2D eigenvalue weighted by Crippen LogP contribution is -2.35. The first-order valence-corrected chi connectivity index (χ1v) is 6.14. The highest BCUT2D eigenvalue weighted by Crippen LogP contribution is 2.18. The van der Waals surface area contributed by atoms with Crippen LogP contribution in [0.25, 0.3) is 0 Å². The van der Waals surface area contributed by atoms with Gasteiger partial charge in [0.2, 0.25) is 5.91 Å². The molecule has 0 aromatic heterocycles. The number of carbonyl (C=O) groups is 2. The Balaban J connectivity index is 1.81. The number of rotatable bonds is 4. The third kappa shape index (κ3) is 3.17. The van der Waals surface area contributed by atoms with Crippen LogP contribution in [0.1, 0.15) is 23.7 Å². The third-order valence-corrected chi connectivity index (χ3v) is 3.09. The summed E-state index contributed by atoms with van der Waals surface area (Å²) in [4.78, 5) is 23.6. The van der Waals surface area contributed by atoms with E-state index in [1.807, 2.05) is 25.1 Å². The Kier molecular flexibility index (Phi) is 4.10. The summed E-state index contributed by atoms with van der Waals surface area (Å²) in [6.07, 6.45) is 0.858. The molecule has 1 amide bonds. The van der Waals surface area contributed by atoms with Gasteiger partial charge in [-0.25, -0.2) is 0 Å². The molecule has 2 rings (SSSR count). The molecule has 1 aliphatic rings. The molecule has 4 nitrogen and oxygen atoms in total. The standard InChI is InChI=1S/C14H17NO3/c1-10-7-12(9-18-10)14(17)15-8-13(16)11-5-3-2-4-6-11/h2-6,10,12H,7-9H2,1H3,(H,15,17). The third-order valence-electron chi connectivity index (χ3n) is 3.09. The van der Waals surface area contributed by atoms with Crippen molar-refractivity contribution >= 4 is 11.7 Å². The van der Waals surface area contributed by atoms with Crippen molar-refractivity contribution in [2.45, 2.75) is 19.4 Å². The summed E-state index contributed by atoms with van der Waals surface area (Å²) in [7, 11) is 0. The summed E-state index contributed by atoms with van der Waals surface area (Å²) in [5, 5.41) is 2.67. The van der Waals surface area contributed by atoms with E-state index in [9.17, 15) is 9.59 Å². The van der Waals surface area contributed by atoms with E-state index in [1.54, 1.807) is 12.1 Å². The Morgan fingerprint density at radius 2 is 2.06 bits per heavy atom. The molecular weight excluding hydrogens is 230 g/mol. The van der Waals surface area contributed by atoms with Crippen LogP contribution in [0.4, 0.5) is 0 Å². The zero-order valence-electron chi connectivity index (χ0n) is 10.4. The van der Waals surface area contributed by atoms with Gasteiger partial charge in [0, 0.05) is 5.56 Å². The van der Waals surface area contributed by atoms with Gasteiger partial charge in [0.25, 0.3) is 0 Å². The van der Waals surface area contributed by atoms with Crippen LogP contribution in [-0.2, 0) is 9.53 Å². The van der Waals surface area contributed by atoms with Crippen molar-refractivity contribution < 1.29 is 14.3 Å². The number of nitrogens with one attached hydrogen (secondary N) is 1. The number of hydrogen-bond donors (Lipinski definition) is 1. The number of amides is 1. The van der Waals surface area contributed by atoms with Gasteiger partial charge in [-0.05, 0) is 13.3 Å². The lowest BCUT2D eigenvalue weighted by molar-refractivity contribution is -0.124. The summed E-state index contributed by atoms with van der Waals surface area (Å²) in [6, 6.07) is 8.96. The molecule has 1 aromatic rings. The van der Waals surface area contributed by atoms with Gasteiger partial charge in [0.05, 0.1) is 25.2 Å². The summed E-state index contributed by atoms with van der Waals surface area (Å²) < 4.78 is 5.33. The molecule has 1 aliphatic heterocycles. The monoisotopic (exact) mass is 247 g/mol. The van der Waals surface area contributed by atoms with Crippen LogP contribution in [0.2, 0.25) is 0 Å². The predicted octanol–water partition coefficient (Wildman–Crippen LogP) is 1.41. The molecule has 1 aromatic carbocycles. The molecule has 0 radical (unpaired) electrons. The summed E-state index contributed by atoms with van der Waals surface area (Å²) in [6.45, 7) is 2.45. The van der Waals surface area contributed by atoms with Crippen molar-refractivity contribution in [3.05, 3.63) is 35.9 Å². The quantitative estimate of drug-likeness (QED) is 0.818. The fraction of sp³-hybridized carbons (Fsp3) is 0.429. The van der Waals surface area contributed by atoms with Gasteiger partial charge in [0.1, 0.15) is 0 Å². The van der Waals surface area contributed by atoms with E-state index < -0.39 is 0 Å². The Morgan fingerprint density at radius 1 is 1.33 bits per heavy atom. The van der Waals surface area contributed by atoms with Gasteiger partial charge < -0.3 is 10.1 Å². The number of hydrogen-bond acceptors (Lipinski definition) is 3. The molecule has 96 valence electrons. The number of benzene rings is 1. The van der Waals surface area contributed by atoms with Crippen LogP contribution >= 0.6 is 0 Å². The summed E-state index contributed by atoms with van der Waals surface area (Å²) in [5.41, 5.74) is 0.619. The Labute approximate surface area is 106 Å². The Morgan fingerprint density at radius 3 is 2.67 bits per heavy atom. The first-order chi connectivity index (χ1) is 8.66. The van der Waals surface area contributed by atoms with Gasteiger partial charge >= 0.3 is 0 Å². The maximum absolute atomic E-state index is 11.8. The molecule has 4 heteroatoms. The van der Waals surface area contributed by atoms with E-state index in [0.29, 0.717) is 12.2 Å². The van der Waals surface area contributed by atoms with Crippen LogP contribution in [0, 0.1) is 5.92 Å². The number of ether oxygens (including phenoxy) is 1. The molecular formula is C14H17NO3. The zero-order valence-corrected chi connectivity index (χ0v) is 10.4. The lowest BCUT2D eigenvalue weighted by atomic mass is 10.1. The Bertz CT molecular complexity index is 430. The first kappa shape index (κ1) is 12.8. The molecule has 18 heavy (non-hydrogen) atoms. The number of carbonyl (C=O) groups excluding carboxylic acids is 2. The first-order valence-electron chi connectivity index (χ1n) is 6.14. The van der Waals surface area contributed by atoms with E-state index in [-0.39, 0.29) is 30.3 Å². The molecule has 1 saturated heterocycles. The lowest BCUT2D eigenvalue weighted by Gasteiger charge is -2.08. The second-order valence-corrected chi connectivity index (χ2v) is 4.58. The van der Waals surface area contributed by atoms with Gasteiger partial charge in [-0.15, -0.1) is 0 Å². The second kappa shape index (κ2) is 5.78. The molecule has 0 bridgehead atoms. The van der Waals surface area contributed by atoms with Crippen LogP contribution in [0.3, 0.4) is 0 Å². The fourth-order valence-electron chi connectivity index (χ4n) is 2.04. The van der Waals surface area contributed by atoms with E-state index in [2.05, 4.69) is 5.32 Å². The molecule has 1 heterocycles. The number of Topliss-reactive ketones (excluding diaryl/α,β-unsaturated/α-hetero) is 1. The number of ketones is 1. The van der Waals surface area contributed by atoms with Gasteiger partial charge in [-0.3, -0.25) is 9.59 Å². The van der Waals surface area contributed by atoms with E-state index in [4.69, 9.17) is 4.74 Å². The smallest absolute Gasteiger partial charge is 0.225 e. The average Bonchev–Trinajstić information content (AvgIpc) is 2.83. The fourth-order valence-corrected chi connectivity index (χ4v) is 2.04. The highest BCUT2D eigenvalue weighted by atomic mass is 16.5. The maximum Gasteiger partial charge on any atom is 0.225 e. The van der Waals surface area contributed by atoms with Crippen LogP contribution in [0.15, 0.2) is 30.3 Å². The van der Waals surface area contributed by atoms with Crippen molar-refractivity contribution in [1.29, 1.82) is 0 Å². The molecule has 0 aliphatic carbocycles. The molecule has 0 saturated carbocycles. The minimum atomic E-state index is -0.122. The highest BCUT2D eigenvalue weighted by molar-refractivity contribution is 5.99. The normalized spacial score (nSPS) is 22.7. The topological polar surface area (TPSA) is 55.4 Å². The summed E-state index contributed by atoms with van der Waals surface area (Å²) >= 11 is 0. The molecule has 0 spiro atoms. The van der Waals surface area contributed by atoms with Gasteiger partial charge in [-0.2, -0.15) is 0 Å². The molecule has 2 unspecified atom stereocenters. The van der Waals surface area contributed by atoms with Gasteiger partial charge in [-0.1, -0.05) is 30.3 Å². The van der Waals surface area contributed by atoms with E-state index in [1.165, 1.54) is 0 Å². The molecule has 1 fully saturated rings. The van der Waals surface area contributed by atoms with Crippen molar-refractivity contribution in [2.75, 3.05) is 13.2 Å². The van der Waals surface area contributed by atoms with E-state index in [0.717, 1.165) is 6.42 Å². The highest BCUT2D eigenvalue weighted by Gasteiger charge is 2.28. The Hall–Kier alpha value is -1.68. The van der Waals surface area contributed by atoms with Gasteiger partial charge in [0.15, 0.2) is 5.78 Å².